The molecule has 3 nitrogen and oxygen atoms in total. The number of benzene rings is 1. The van der Waals surface area contributed by atoms with Gasteiger partial charge >= 0.3 is 0 Å². The van der Waals surface area contributed by atoms with Crippen molar-refractivity contribution in [2.75, 3.05) is 26.3 Å². The van der Waals surface area contributed by atoms with E-state index in [0.29, 0.717) is 0 Å². The van der Waals surface area contributed by atoms with E-state index in [0.717, 1.165) is 49.6 Å². The average Bonchev–Trinajstić information content (AvgIpc) is 2.71. The SMILES string of the molecule is Fc1ccc2oc(CN3CCOCC3)cc2c1. The van der Waals surface area contributed by atoms with Crippen molar-refractivity contribution in [2.24, 2.45) is 0 Å². The van der Waals surface area contributed by atoms with Crippen LogP contribution in [0.5, 0.6) is 0 Å². The maximum absolute atomic E-state index is 13.0. The van der Waals surface area contributed by atoms with Crippen LogP contribution in [0.4, 0.5) is 4.39 Å². The van der Waals surface area contributed by atoms with Crippen LogP contribution in [-0.2, 0) is 11.3 Å². The molecule has 1 aliphatic rings. The number of furan rings is 1. The number of morpholine rings is 1. The molecule has 90 valence electrons. The lowest BCUT2D eigenvalue weighted by molar-refractivity contribution is 0.0315. The van der Waals surface area contributed by atoms with E-state index in [4.69, 9.17) is 9.15 Å². The summed E-state index contributed by atoms with van der Waals surface area (Å²) in [4.78, 5) is 2.28. The summed E-state index contributed by atoms with van der Waals surface area (Å²) in [6, 6.07) is 6.51. The second kappa shape index (κ2) is 4.47. The highest BCUT2D eigenvalue weighted by atomic mass is 19.1. The maximum atomic E-state index is 13.0. The normalized spacial score (nSPS) is 17.7. The molecular formula is C13H14FNO2. The quantitative estimate of drug-likeness (QED) is 0.799. The van der Waals surface area contributed by atoms with Crippen LogP contribution in [0.3, 0.4) is 0 Å². The monoisotopic (exact) mass is 235 g/mol. The van der Waals surface area contributed by atoms with Gasteiger partial charge in [0.1, 0.15) is 17.2 Å². The number of ether oxygens (including phenoxy) is 1. The lowest BCUT2D eigenvalue weighted by Gasteiger charge is -2.25. The minimum Gasteiger partial charge on any atom is -0.460 e. The highest BCUT2D eigenvalue weighted by molar-refractivity contribution is 5.77. The van der Waals surface area contributed by atoms with E-state index >= 15 is 0 Å². The Morgan fingerprint density at radius 3 is 2.82 bits per heavy atom. The molecule has 0 unspecified atom stereocenters. The fourth-order valence-electron chi connectivity index (χ4n) is 2.13. The summed E-state index contributed by atoms with van der Waals surface area (Å²) < 4.78 is 24.0. The lowest BCUT2D eigenvalue weighted by atomic mass is 10.2. The molecule has 1 aliphatic heterocycles. The molecule has 2 aromatic rings. The van der Waals surface area contributed by atoms with Crippen LogP contribution in [0.25, 0.3) is 11.0 Å². The zero-order chi connectivity index (χ0) is 11.7. The molecule has 0 atom stereocenters. The van der Waals surface area contributed by atoms with Crippen LogP contribution in [0, 0.1) is 5.82 Å². The van der Waals surface area contributed by atoms with Crippen molar-refractivity contribution < 1.29 is 13.5 Å². The molecule has 0 saturated carbocycles. The molecule has 17 heavy (non-hydrogen) atoms. The minimum absolute atomic E-state index is 0.226. The van der Waals surface area contributed by atoms with Crippen molar-refractivity contribution in [1.29, 1.82) is 0 Å². The first-order valence-electron chi connectivity index (χ1n) is 5.79. The summed E-state index contributed by atoms with van der Waals surface area (Å²) in [6.45, 7) is 4.15. The molecule has 0 spiro atoms. The van der Waals surface area contributed by atoms with Gasteiger partial charge in [0.15, 0.2) is 0 Å². The number of hydrogen-bond acceptors (Lipinski definition) is 3. The van der Waals surface area contributed by atoms with E-state index in [9.17, 15) is 4.39 Å². The first-order valence-corrected chi connectivity index (χ1v) is 5.79. The van der Waals surface area contributed by atoms with Gasteiger partial charge in [-0.05, 0) is 24.3 Å². The third-order valence-corrected chi connectivity index (χ3v) is 3.01. The average molecular weight is 235 g/mol. The van der Waals surface area contributed by atoms with Crippen LogP contribution >= 0.6 is 0 Å². The Balaban J connectivity index is 1.80. The third-order valence-electron chi connectivity index (χ3n) is 3.01. The summed E-state index contributed by atoms with van der Waals surface area (Å²) in [5, 5.41) is 0.827. The predicted octanol–water partition coefficient (Wildman–Crippen LogP) is 2.40. The van der Waals surface area contributed by atoms with Gasteiger partial charge in [0, 0.05) is 18.5 Å². The van der Waals surface area contributed by atoms with Gasteiger partial charge in [0.2, 0.25) is 0 Å². The molecule has 0 bridgehead atoms. The highest BCUT2D eigenvalue weighted by Crippen LogP contribution is 2.21. The van der Waals surface area contributed by atoms with E-state index in [1.165, 1.54) is 12.1 Å². The van der Waals surface area contributed by atoms with Crippen LogP contribution in [0.1, 0.15) is 5.76 Å². The molecule has 2 heterocycles. The summed E-state index contributed by atoms with van der Waals surface area (Å²) >= 11 is 0. The Kier molecular flexibility index (Phi) is 2.82. The predicted molar refractivity (Wildman–Crippen MR) is 62.3 cm³/mol. The van der Waals surface area contributed by atoms with Gasteiger partial charge < -0.3 is 9.15 Å². The fraction of sp³-hybridized carbons (Fsp3) is 0.385. The van der Waals surface area contributed by atoms with Crippen molar-refractivity contribution in [3.63, 3.8) is 0 Å². The summed E-state index contributed by atoms with van der Waals surface area (Å²) in [5.74, 6) is 0.656. The Morgan fingerprint density at radius 2 is 2.00 bits per heavy atom. The van der Waals surface area contributed by atoms with Crippen molar-refractivity contribution in [3.05, 3.63) is 35.8 Å². The van der Waals surface area contributed by atoms with E-state index in [1.54, 1.807) is 6.07 Å². The van der Waals surface area contributed by atoms with Crippen molar-refractivity contribution in [3.8, 4) is 0 Å². The molecule has 0 aliphatic carbocycles. The van der Waals surface area contributed by atoms with E-state index in [-0.39, 0.29) is 5.82 Å². The maximum Gasteiger partial charge on any atom is 0.134 e. The number of nitrogens with zero attached hydrogens (tertiary/aromatic N) is 1. The Labute approximate surface area is 98.8 Å². The van der Waals surface area contributed by atoms with Crippen molar-refractivity contribution >= 4 is 11.0 Å². The van der Waals surface area contributed by atoms with Crippen LogP contribution < -0.4 is 0 Å². The molecule has 3 rings (SSSR count). The molecule has 0 radical (unpaired) electrons. The molecule has 1 fully saturated rings. The van der Waals surface area contributed by atoms with E-state index in [2.05, 4.69) is 4.90 Å². The van der Waals surface area contributed by atoms with Gasteiger partial charge in [-0.1, -0.05) is 0 Å². The van der Waals surface area contributed by atoms with Gasteiger partial charge in [0.05, 0.1) is 19.8 Å². The first kappa shape index (κ1) is 10.7. The zero-order valence-corrected chi connectivity index (χ0v) is 9.49. The molecule has 0 amide bonds. The molecule has 1 aromatic carbocycles. The standard InChI is InChI=1S/C13H14FNO2/c14-11-1-2-13-10(7-11)8-12(17-13)9-15-3-5-16-6-4-15/h1-2,7-8H,3-6,9H2. The third kappa shape index (κ3) is 2.33. The molecular weight excluding hydrogens is 221 g/mol. The molecule has 1 saturated heterocycles. The van der Waals surface area contributed by atoms with E-state index < -0.39 is 0 Å². The van der Waals surface area contributed by atoms with Crippen molar-refractivity contribution in [1.82, 2.24) is 4.90 Å². The highest BCUT2D eigenvalue weighted by Gasteiger charge is 2.13. The van der Waals surface area contributed by atoms with Gasteiger partial charge in [-0.2, -0.15) is 0 Å². The number of rotatable bonds is 2. The second-order valence-corrected chi connectivity index (χ2v) is 4.28. The largest absolute Gasteiger partial charge is 0.460 e. The van der Waals surface area contributed by atoms with Gasteiger partial charge in [0.25, 0.3) is 0 Å². The topological polar surface area (TPSA) is 25.6 Å². The Bertz CT molecular complexity index is 517. The smallest absolute Gasteiger partial charge is 0.134 e. The van der Waals surface area contributed by atoms with Crippen LogP contribution in [-0.4, -0.2) is 31.2 Å². The van der Waals surface area contributed by atoms with Crippen LogP contribution in [0.15, 0.2) is 28.7 Å². The molecule has 0 N–H and O–H groups in total. The summed E-state index contributed by atoms with van der Waals surface area (Å²) in [5.41, 5.74) is 0.745. The van der Waals surface area contributed by atoms with Crippen LogP contribution in [0.2, 0.25) is 0 Å². The number of hydrogen-bond donors (Lipinski definition) is 0. The van der Waals surface area contributed by atoms with Gasteiger partial charge in [-0.3, -0.25) is 4.90 Å². The van der Waals surface area contributed by atoms with Gasteiger partial charge in [-0.15, -0.1) is 0 Å². The summed E-state index contributed by atoms with van der Waals surface area (Å²) in [6.07, 6.45) is 0. The minimum atomic E-state index is -0.226. The Hall–Kier alpha value is -1.39. The lowest BCUT2D eigenvalue weighted by Crippen LogP contribution is -2.35. The molecule has 4 heteroatoms. The fourth-order valence-corrected chi connectivity index (χ4v) is 2.13. The number of fused-ring (bicyclic) bond motifs is 1. The Morgan fingerprint density at radius 1 is 1.18 bits per heavy atom. The zero-order valence-electron chi connectivity index (χ0n) is 9.49. The number of halogens is 1. The van der Waals surface area contributed by atoms with Gasteiger partial charge in [-0.25, -0.2) is 4.39 Å². The molecule has 1 aromatic heterocycles. The summed E-state index contributed by atoms with van der Waals surface area (Å²) in [7, 11) is 0. The van der Waals surface area contributed by atoms with Crippen molar-refractivity contribution in [2.45, 2.75) is 6.54 Å². The van der Waals surface area contributed by atoms with E-state index in [1.807, 2.05) is 6.07 Å². The first-order chi connectivity index (χ1) is 8.31. The second-order valence-electron chi connectivity index (χ2n) is 4.28.